The van der Waals surface area contributed by atoms with Crippen LogP contribution >= 0.6 is 11.3 Å². The first-order chi connectivity index (χ1) is 10.1. The summed E-state index contributed by atoms with van der Waals surface area (Å²) in [6, 6.07) is 8.81. The molecule has 0 spiro atoms. The fourth-order valence-corrected chi connectivity index (χ4v) is 4.00. The molecule has 0 saturated heterocycles. The number of aliphatic carboxylic acids is 1. The zero-order chi connectivity index (χ0) is 15.0. The summed E-state index contributed by atoms with van der Waals surface area (Å²) >= 11 is 1.62. The minimum atomic E-state index is -0.760. The Bertz CT molecular complexity index is 681. The first-order valence-corrected chi connectivity index (χ1v) is 7.93. The number of hydrogen-bond donors (Lipinski definition) is 1. The monoisotopic (exact) mass is 302 g/mol. The number of hydrogen-bond acceptors (Lipinski definition) is 4. The van der Waals surface area contributed by atoms with Crippen LogP contribution in [0.5, 0.6) is 0 Å². The number of rotatable bonds is 4. The molecule has 0 radical (unpaired) electrons. The van der Waals surface area contributed by atoms with Crippen LogP contribution in [0.1, 0.15) is 29.5 Å². The first kappa shape index (κ1) is 14.1. The molecule has 0 aliphatic carbocycles. The lowest BCUT2D eigenvalue weighted by Crippen LogP contribution is -2.23. The Balaban J connectivity index is 1.91. The molecule has 0 fully saturated rings. The van der Waals surface area contributed by atoms with Gasteiger partial charge in [-0.2, -0.15) is 0 Å². The van der Waals surface area contributed by atoms with Crippen molar-refractivity contribution in [2.45, 2.75) is 39.2 Å². The number of carboxylic acids is 1. The number of aryl methyl sites for hydroxylation is 2. The van der Waals surface area contributed by atoms with Crippen LogP contribution in [0.3, 0.4) is 0 Å². The molecule has 1 aromatic heterocycles. The number of aromatic nitrogens is 1. The van der Waals surface area contributed by atoms with Gasteiger partial charge < -0.3 is 10.0 Å². The van der Waals surface area contributed by atoms with E-state index in [1.807, 2.05) is 6.92 Å². The molecular formula is C16H18N2O2S. The third kappa shape index (κ3) is 2.65. The first-order valence-electron chi connectivity index (χ1n) is 7.11. The third-order valence-corrected chi connectivity index (χ3v) is 5.08. The number of para-hydroxylation sites is 1. The smallest absolute Gasteiger partial charge is 0.303 e. The second-order valence-corrected chi connectivity index (χ2v) is 6.51. The topological polar surface area (TPSA) is 53.4 Å². The SMILES string of the molecule is Cc1nc(N2c3ccccc3CC2C)sc1CCC(=O)O. The number of benzene rings is 1. The van der Waals surface area contributed by atoms with Crippen molar-refractivity contribution in [1.82, 2.24) is 4.98 Å². The van der Waals surface area contributed by atoms with E-state index in [4.69, 9.17) is 5.11 Å². The van der Waals surface area contributed by atoms with Crippen LogP contribution < -0.4 is 4.90 Å². The summed E-state index contributed by atoms with van der Waals surface area (Å²) in [6.07, 6.45) is 1.75. The summed E-state index contributed by atoms with van der Waals surface area (Å²) in [6.45, 7) is 4.16. The van der Waals surface area contributed by atoms with Crippen LogP contribution in [0.15, 0.2) is 24.3 Å². The van der Waals surface area contributed by atoms with Crippen LogP contribution in [0.4, 0.5) is 10.8 Å². The molecule has 3 rings (SSSR count). The molecule has 0 bridgehead atoms. The predicted octanol–water partition coefficient (Wildman–Crippen LogP) is 3.55. The number of thiazole rings is 1. The Morgan fingerprint density at radius 3 is 3.00 bits per heavy atom. The molecule has 1 aliphatic heterocycles. The van der Waals surface area contributed by atoms with Gasteiger partial charge in [0, 0.05) is 16.6 Å². The zero-order valence-electron chi connectivity index (χ0n) is 12.2. The number of anilines is 2. The lowest BCUT2D eigenvalue weighted by atomic mass is 10.1. The van der Waals surface area contributed by atoms with Crippen molar-refractivity contribution in [1.29, 1.82) is 0 Å². The van der Waals surface area contributed by atoms with Gasteiger partial charge in [0.2, 0.25) is 0 Å². The quantitative estimate of drug-likeness (QED) is 0.938. The molecule has 5 heteroatoms. The molecule has 1 N–H and O–H groups in total. The molecule has 21 heavy (non-hydrogen) atoms. The van der Waals surface area contributed by atoms with E-state index in [9.17, 15) is 4.79 Å². The van der Waals surface area contributed by atoms with E-state index in [0.29, 0.717) is 12.5 Å². The van der Waals surface area contributed by atoms with Gasteiger partial charge in [-0.05, 0) is 38.3 Å². The highest BCUT2D eigenvalue weighted by Gasteiger charge is 2.29. The Kier molecular flexibility index (Phi) is 3.68. The van der Waals surface area contributed by atoms with E-state index in [1.54, 1.807) is 11.3 Å². The van der Waals surface area contributed by atoms with Crippen LogP contribution in [0.25, 0.3) is 0 Å². The fraction of sp³-hybridized carbons (Fsp3) is 0.375. The molecule has 110 valence electrons. The van der Waals surface area contributed by atoms with Gasteiger partial charge >= 0.3 is 5.97 Å². The summed E-state index contributed by atoms with van der Waals surface area (Å²) < 4.78 is 0. The van der Waals surface area contributed by atoms with E-state index < -0.39 is 5.97 Å². The summed E-state index contributed by atoms with van der Waals surface area (Å²) in [7, 11) is 0. The van der Waals surface area contributed by atoms with Gasteiger partial charge in [0.1, 0.15) is 0 Å². The highest BCUT2D eigenvalue weighted by Crippen LogP contribution is 2.40. The number of carbonyl (C=O) groups is 1. The molecular weight excluding hydrogens is 284 g/mol. The maximum Gasteiger partial charge on any atom is 0.303 e. The van der Waals surface area contributed by atoms with Crippen LogP contribution in [-0.2, 0) is 17.6 Å². The Morgan fingerprint density at radius 2 is 2.24 bits per heavy atom. The van der Waals surface area contributed by atoms with Crippen molar-refractivity contribution >= 4 is 28.1 Å². The van der Waals surface area contributed by atoms with Crippen molar-refractivity contribution in [3.63, 3.8) is 0 Å². The van der Waals surface area contributed by atoms with Crippen LogP contribution in [0.2, 0.25) is 0 Å². The number of fused-ring (bicyclic) bond motifs is 1. The van der Waals surface area contributed by atoms with Crippen molar-refractivity contribution in [3.05, 3.63) is 40.4 Å². The van der Waals surface area contributed by atoms with Crippen molar-refractivity contribution < 1.29 is 9.90 Å². The second kappa shape index (κ2) is 5.48. The molecule has 1 unspecified atom stereocenters. The molecule has 1 aromatic carbocycles. The van der Waals surface area contributed by atoms with Crippen molar-refractivity contribution in [2.24, 2.45) is 0 Å². The average Bonchev–Trinajstić information content (AvgIpc) is 2.95. The van der Waals surface area contributed by atoms with Gasteiger partial charge in [-0.25, -0.2) is 4.98 Å². The van der Waals surface area contributed by atoms with Crippen LogP contribution in [-0.4, -0.2) is 22.1 Å². The van der Waals surface area contributed by atoms with Gasteiger partial charge in [-0.1, -0.05) is 18.2 Å². The van der Waals surface area contributed by atoms with Crippen LogP contribution in [0, 0.1) is 6.92 Å². The number of nitrogens with zero attached hydrogens (tertiary/aromatic N) is 2. The second-order valence-electron chi connectivity index (χ2n) is 5.45. The van der Waals surface area contributed by atoms with E-state index in [0.717, 1.165) is 22.1 Å². The Morgan fingerprint density at radius 1 is 1.48 bits per heavy atom. The third-order valence-electron chi connectivity index (χ3n) is 3.86. The van der Waals surface area contributed by atoms with Gasteiger partial charge in [0.25, 0.3) is 0 Å². The van der Waals surface area contributed by atoms with E-state index in [-0.39, 0.29) is 6.42 Å². The number of carboxylic acid groups (broad SMARTS) is 1. The summed E-state index contributed by atoms with van der Waals surface area (Å²) in [5.41, 5.74) is 3.53. The Labute approximate surface area is 128 Å². The maximum atomic E-state index is 10.7. The van der Waals surface area contributed by atoms with E-state index in [2.05, 4.69) is 41.1 Å². The highest BCUT2D eigenvalue weighted by molar-refractivity contribution is 7.15. The molecule has 0 amide bonds. The lowest BCUT2D eigenvalue weighted by molar-refractivity contribution is -0.136. The van der Waals surface area contributed by atoms with Crippen molar-refractivity contribution in [2.75, 3.05) is 4.90 Å². The summed E-state index contributed by atoms with van der Waals surface area (Å²) in [4.78, 5) is 18.8. The molecule has 1 atom stereocenters. The molecule has 2 heterocycles. The zero-order valence-corrected chi connectivity index (χ0v) is 13.0. The normalized spacial score (nSPS) is 17.0. The van der Waals surface area contributed by atoms with E-state index >= 15 is 0 Å². The van der Waals surface area contributed by atoms with Gasteiger partial charge in [-0.15, -0.1) is 11.3 Å². The van der Waals surface area contributed by atoms with Gasteiger partial charge in [-0.3, -0.25) is 4.79 Å². The maximum absolute atomic E-state index is 10.7. The molecule has 2 aromatic rings. The predicted molar refractivity (Wildman–Crippen MR) is 84.6 cm³/mol. The summed E-state index contributed by atoms with van der Waals surface area (Å²) in [5, 5.41) is 9.81. The summed E-state index contributed by atoms with van der Waals surface area (Å²) in [5.74, 6) is -0.760. The fourth-order valence-electron chi connectivity index (χ4n) is 2.83. The van der Waals surface area contributed by atoms with E-state index in [1.165, 1.54) is 11.3 Å². The van der Waals surface area contributed by atoms with Crippen molar-refractivity contribution in [3.8, 4) is 0 Å². The largest absolute Gasteiger partial charge is 0.481 e. The molecule has 4 nitrogen and oxygen atoms in total. The molecule has 0 saturated carbocycles. The minimum absolute atomic E-state index is 0.161. The van der Waals surface area contributed by atoms with Gasteiger partial charge in [0.05, 0.1) is 12.1 Å². The van der Waals surface area contributed by atoms with Gasteiger partial charge in [0.15, 0.2) is 5.13 Å². The standard InChI is InChI=1S/C16H18N2O2S/c1-10-9-12-5-3-4-6-13(12)18(10)16-17-11(2)14(21-16)7-8-15(19)20/h3-6,10H,7-9H2,1-2H3,(H,19,20). The average molecular weight is 302 g/mol. The minimum Gasteiger partial charge on any atom is -0.481 e. The highest BCUT2D eigenvalue weighted by atomic mass is 32.1. The Hall–Kier alpha value is -1.88. The lowest BCUT2D eigenvalue weighted by Gasteiger charge is -2.21. The molecule has 1 aliphatic rings.